The van der Waals surface area contributed by atoms with Gasteiger partial charge in [0.15, 0.2) is 0 Å². The number of unbranched alkanes of at least 4 members (excludes halogenated alkanes) is 2. The molecule has 0 spiro atoms. The Morgan fingerprint density at radius 1 is 1.54 bits per heavy atom. The summed E-state index contributed by atoms with van der Waals surface area (Å²) in [7, 11) is -4.34. The molecule has 0 unspecified atom stereocenters. The molecule has 0 aliphatic heterocycles. The van der Waals surface area contributed by atoms with Crippen molar-refractivity contribution < 1.29 is 17.2 Å². The van der Waals surface area contributed by atoms with E-state index in [1.807, 2.05) is 6.92 Å². The average molecular weight is 208 g/mol. The van der Waals surface area contributed by atoms with Crippen molar-refractivity contribution in [3.8, 4) is 0 Å². The highest BCUT2D eigenvalue weighted by atomic mass is 32.3. The summed E-state index contributed by atoms with van der Waals surface area (Å²) in [5.74, 6) is 0. The second-order valence-corrected chi connectivity index (χ2v) is 3.84. The molecular weight excluding hydrogens is 192 g/mol. The summed E-state index contributed by atoms with van der Waals surface area (Å²) in [6.07, 6.45) is 4.26. The van der Waals surface area contributed by atoms with E-state index >= 15 is 0 Å². The highest BCUT2D eigenvalue weighted by Gasteiger charge is 2.12. The minimum Gasteiger partial charge on any atom is -0.264 e. The maximum atomic E-state index is 10.3. The van der Waals surface area contributed by atoms with Crippen LogP contribution >= 0.6 is 0 Å². The summed E-state index contributed by atoms with van der Waals surface area (Å²) in [6.45, 7) is 5.47. The van der Waals surface area contributed by atoms with Crippen molar-refractivity contribution >= 4 is 10.4 Å². The maximum Gasteiger partial charge on any atom is 0.397 e. The van der Waals surface area contributed by atoms with E-state index < -0.39 is 16.5 Å². The third-order valence-electron chi connectivity index (χ3n) is 1.60. The van der Waals surface area contributed by atoms with Gasteiger partial charge in [0.05, 0.1) is 6.10 Å². The van der Waals surface area contributed by atoms with Crippen LogP contribution in [0.1, 0.15) is 32.6 Å². The Balaban J connectivity index is 3.84. The molecule has 0 saturated carbocycles. The fraction of sp³-hybridized carbons (Fsp3) is 0.750. The predicted molar refractivity (Wildman–Crippen MR) is 50.8 cm³/mol. The van der Waals surface area contributed by atoms with Gasteiger partial charge in [0, 0.05) is 0 Å². The van der Waals surface area contributed by atoms with Gasteiger partial charge in [-0.2, -0.15) is 8.42 Å². The van der Waals surface area contributed by atoms with E-state index in [4.69, 9.17) is 4.55 Å². The first-order chi connectivity index (χ1) is 5.99. The molecule has 0 radical (unpaired) electrons. The molecule has 13 heavy (non-hydrogen) atoms. The van der Waals surface area contributed by atoms with Crippen molar-refractivity contribution in [2.75, 3.05) is 0 Å². The Morgan fingerprint density at radius 2 is 2.15 bits per heavy atom. The van der Waals surface area contributed by atoms with Gasteiger partial charge < -0.3 is 0 Å². The highest BCUT2D eigenvalue weighted by Crippen LogP contribution is 2.09. The van der Waals surface area contributed by atoms with Gasteiger partial charge in [-0.05, 0) is 6.42 Å². The number of rotatable bonds is 7. The molecule has 5 heteroatoms. The molecular formula is C8H16O4S. The second-order valence-electron chi connectivity index (χ2n) is 2.79. The van der Waals surface area contributed by atoms with Gasteiger partial charge in [-0.15, -0.1) is 6.58 Å². The molecule has 4 nitrogen and oxygen atoms in total. The molecule has 1 atom stereocenters. The Hall–Kier alpha value is -0.390. The normalized spacial score (nSPS) is 14.0. The standard InChI is InChI=1S/C8H16O4S/c1-3-5-6-7-8(4-2)12-13(9,10)11/h4,8H,2-3,5-7H2,1H3,(H,9,10,11)/t8-/m0/s1. The Morgan fingerprint density at radius 3 is 2.54 bits per heavy atom. The van der Waals surface area contributed by atoms with E-state index in [2.05, 4.69) is 10.8 Å². The molecule has 0 aliphatic carbocycles. The maximum absolute atomic E-state index is 10.3. The van der Waals surface area contributed by atoms with E-state index in [-0.39, 0.29) is 0 Å². The Labute approximate surface area is 79.6 Å². The summed E-state index contributed by atoms with van der Waals surface area (Å²) in [6, 6.07) is 0. The quantitative estimate of drug-likeness (QED) is 0.394. The first kappa shape index (κ1) is 12.6. The van der Waals surface area contributed by atoms with Gasteiger partial charge in [-0.25, -0.2) is 4.18 Å². The van der Waals surface area contributed by atoms with E-state index in [1.54, 1.807) is 0 Å². The number of hydrogen-bond donors (Lipinski definition) is 1. The fourth-order valence-electron chi connectivity index (χ4n) is 0.957. The summed E-state index contributed by atoms with van der Waals surface area (Å²) in [5.41, 5.74) is 0. The van der Waals surface area contributed by atoms with E-state index in [1.165, 1.54) is 6.08 Å². The van der Waals surface area contributed by atoms with Gasteiger partial charge >= 0.3 is 10.4 Å². The lowest BCUT2D eigenvalue weighted by atomic mass is 10.1. The van der Waals surface area contributed by atoms with Crippen LogP contribution in [-0.4, -0.2) is 19.1 Å². The summed E-state index contributed by atoms with van der Waals surface area (Å²) >= 11 is 0. The molecule has 0 aromatic heterocycles. The van der Waals surface area contributed by atoms with Gasteiger partial charge in [-0.3, -0.25) is 4.55 Å². The van der Waals surface area contributed by atoms with Crippen molar-refractivity contribution in [2.45, 2.75) is 38.7 Å². The molecule has 0 amide bonds. The van der Waals surface area contributed by atoms with Crippen LogP contribution in [0, 0.1) is 0 Å². The molecule has 0 rings (SSSR count). The van der Waals surface area contributed by atoms with Gasteiger partial charge in [0.25, 0.3) is 0 Å². The SMILES string of the molecule is C=C[C@@H](CCCCC)OS(=O)(=O)O. The zero-order valence-electron chi connectivity index (χ0n) is 7.77. The molecule has 1 N–H and O–H groups in total. The smallest absolute Gasteiger partial charge is 0.264 e. The zero-order valence-corrected chi connectivity index (χ0v) is 8.59. The Bertz CT molecular complexity index is 233. The largest absolute Gasteiger partial charge is 0.397 e. The van der Waals surface area contributed by atoms with Gasteiger partial charge in [-0.1, -0.05) is 32.3 Å². The van der Waals surface area contributed by atoms with Crippen molar-refractivity contribution in [3.63, 3.8) is 0 Å². The average Bonchev–Trinajstić information content (AvgIpc) is 2.01. The summed E-state index contributed by atoms with van der Waals surface area (Å²) in [5, 5.41) is 0. The van der Waals surface area contributed by atoms with Crippen LogP contribution in [0.4, 0.5) is 0 Å². The molecule has 78 valence electrons. The van der Waals surface area contributed by atoms with Crippen LogP contribution in [0.15, 0.2) is 12.7 Å². The molecule has 0 aromatic rings. The van der Waals surface area contributed by atoms with E-state index in [0.717, 1.165) is 19.3 Å². The zero-order chi connectivity index (χ0) is 10.3. The third-order valence-corrected chi connectivity index (χ3v) is 2.09. The van der Waals surface area contributed by atoms with Crippen molar-refractivity contribution in [3.05, 3.63) is 12.7 Å². The minimum atomic E-state index is -4.34. The molecule has 0 saturated heterocycles. The van der Waals surface area contributed by atoms with Crippen LogP contribution in [0.25, 0.3) is 0 Å². The van der Waals surface area contributed by atoms with Crippen molar-refractivity contribution in [2.24, 2.45) is 0 Å². The highest BCUT2D eigenvalue weighted by molar-refractivity contribution is 7.80. The lowest BCUT2D eigenvalue weighted by Gasteiger charge is -2.09. The number of hydrogen-bond acceptors (Lipinski definition) is 3. The summed E-state index contributed by atoms with van der Waals surface area (Å²) < 4.78 is 33.4. The lowest BCUT2D eigenvalue weighted by Crippen LogP contribution is -2.15. The Kier molecular flexibility index (Phi) is 5.94. The van der Waals surface area contributed by atoms with E-state index in [9.17, 15) is 8.42 Å². The molecule has 0 aliphatic rings. The van der Waals surface area contributed by atoms with Crippen molar-refractivity contribution in [1.82, 2.24) is 0 Å². The molecule has 0 aromatic carbocycles. The van der Waals surface area contributed by atoms with E-state index in [0.29, 0.717) is 6.42 Å². The monoisotopic (exact) mass is 208 g/mol. The van der Waals surface area contributed by atoms with Crippen molar-refractivity contribution in [1.29, 1.82) is 0 Å². The third kappa shape index (κ3) is 7.95. The minimum absolute atomic E-state index is 0.567. The first-order valence-electron chi connectivity index (χ1n) is 4.28. The van der Waals surface area contributed by atoms with Gasteiger partial charge in [0.1, 0.15) is 0 Å². The van der Waals surface area contributed by atoms with Gasteiger partial charge in [0.2, 0.25) is 0 Å². The fourth-order valence-corrected chi connectivity index (χ4v) is 1.44. The molecule has 0 heterocycles. The van der Waals surface area contributed by atoms with Crippen LogP contribution in [0.3, 0.4) is 0 Å². The second kappa shape index (κ2) is 6.12. The molecule has 0 bridgehead atoms. The predicted octanol–water partition coefficient (Wildman–Crippen LogP) is 1.94. The summed E-state index contributed by atoms with van der Waals surface area (Å²) in [4.78, 5) is 0. The first-order valence-corrected chi connectivity index (χ1v) is 5.64. The lowest BCUT2D eigenvalue weighted by molar-refractivity contribution is 0.208. The van der Waals surface area contributed by atoms with Crippen LogP contribution in [0.2, 0.25) is 0 Å². The van der Waals surface area contributed by atoms with Crippen LogP contribution < -0.4 is 0 Å². The van der Waals surface area contributed by atoms with Crippen LogP contribution in [0.5, 0.6) is 0 Å². The molecule has 0 fully saturated rings. The topological polar surface area (TPSA) is 63.6 Å². The van der Waals surface area contributed by atoms with Crippen LogP contribution in [-0.2, 0) is 14.6 Å².